The first kappa shape index (κ1) is 34.9. The Morgan fingerprint density at radius 1 is 1.12 bits per heavy atom. The van der Waals surface area contributed by atoms with Crippen LogP contribution < -0.4 is 26.8 Å². The molecule has 1 heterocycles. The van der Waals surface area contributed by atoms with E-state index in [0.29, 0.717) is 6.42 Å². The molecule has 0 unspecified atom stereocenters. The van der Waals surface area contributed by atoms with E-state index in [9.17, 15) is 32.9 Å². The van der Waals surface area contributed by atoms with Gasteiger partial charge in [0.05, 0.1) is 16.4 Å². The van der Waals surface area contributed by atoms with Crippen LogP contribution in [0.15, 0.2) is 58.4 Å². The van der Waals surface area contributed by atoms with Crippen LogP contribution >= 0.6 is 12.4 Å². The topological polar surface area (TPSA) is 237 Å². The number of carbonyl (C=O) groups is 3. The van der Waals surface area contributed by atoms with Gasteiger partial charge in [-0.15, -0.1) is 12.4 Å². The molecule has 0 bridgehead atoms. The Morgan fingerprint density at radius 2 is 1.74 bits per heavy atom. The largest absolute Gasteiger partial charge is 0.370 e. The van der Waals surface area contributed by atoms with Crippen LogP contribution in [-0.2, 0) is 24.4 Å². The van der Waals surface area contributed by atoms with Crippen molar-refractivity contribution in [3.8, 4) is 0 Å². The maximum Gasteiger partial charge on any atom is 0.269 e. The van der Waals surface area contributed by atoms with Gasteiger partial charge in [-0.1, -0.05) is 17.7 Å². The van der Waals surface area contributed by atoms with E-state index in [2.05, 4.69) is 9.71 Å². The number of guanidine groups is 1. The maximum absolute atomic E-state index is 14.0. The summed E-state index contributed by atoms with van der Waals surface area (Å²) in [4.78, 5) is 56.6. The summed E-state index contributed by atoms with van der Waals surface area (Å²) >= 11 is 0. The molecule has 1 aliphatic rings. The van der Waals surface area contributed by atoms with Crippen molar-refractivity contribution in [1.82, 2.24) is 9.62 Å². The van der Waals surface area contributed by atoms with Gasteiger partial charge in [0, 0.05) is 30.9 Å². The lowest BCUT2D eigenvalue weighted by Crippen LogP contribution is -2.56. The minimum atomic E-state index is -3.99. The fourth-order valence-electron chi connectivity index (χ4n) is 4.63. The fourth-order valence-corrected chi connectivity index (χ4v) is 5.60. The number of primary amides is 1. The lowest BCUT2D eigenvalue weighted by Gasteiger charge is -2.34. The molecule has 15 nitrogen and oxygen atoms in total. The number of nitrogens with two attached hydrogens (primary N) is 3. The van der Waals surface area contributed by atoms with Crippen molar-refractivity contribution in [2.75, 3.05) is 24.5 Å². The summed E-state index contributed by atoms with van der Waals surface area (Å²) in [5.41, 5.74) is 17.2. The van der Waals surface area contributed by atoms with E-state index in [1.165, 1.54) is 41.3 Å². The Balaban J connectivity index is 0.00000645. The van der Waals surface area contributed by atoms with Crippen LogP contribution in [0.25, 0.3) is 0 Å². The molecule has 0 saturated carbocycles. The molecule has 3 rings (SSSR count). The number of nitro groups is 1. The van der Waals surface area contributed by atoms with Crippen molar-refractivity contribution in [2.45, 2.75) is 49.6 Å². The van der Waals surface area contributed by atoms with Crippen LogP contribution in [0.3, 0.4) is 0 Å². The Bertz CT molecular complexity index is 1450. The smallest absolute Gasteiger partial charge is 0.269 e. The lowest BCUT2D eigenvalue weighted by atomic mass is 10.0. The van der Waals surface area contributed by atoms with Gasteiger partial charge >= 0.3 is 0 Å². The first-order valence-electron chi connectivity index (χ1n) is 13.1. The predicted octanol–water partition coefficient (Wildman–Crippen LogP) is 0.535. The number of hydrogen-bond donors (Lipinski definition) is 4. The van der Waals surface area contributed by atoms with Crippen LogP contribution in [0.1, 0.15) is 31.2 Å². The van der Waals surface area contributed by atoms with Gasteiger partial charge < -0.3 is 22.1 Å². The average Bonchev–Trinajstić information content (AvgIpc) is 3.43. The highest BCUT2D eigenvalue weighted by molar-refractivity contribution is 7.89. The van der Waals surface area contributed by atoms with Crippen LogP contribution in [0.2, 0.25) is 0 Å². The number of nitrogens with zero attached hydrogens (tertiary/aromatic N) is 4. The molecule has 1 saturated heterocycles. The third kappa shape index (κ3) is 9.10. The number of sulfonamides is 1. The number of nitro benzene ring substituents is 1. The minimum absolute atomic E-state index is 0. The van der Waals surface area contributed by atoms with E-state index in [-0.39, 0.29) is 67.0 Å². The van der Waals surface area contributed by atoms with Crippen molar-refractivity contribution in [2.24, 2.45) is 22.2 Å². The summed E-state index contributed by atoms with van der Waals surface area (Å²) in [6.45, 7) is 1.56. The van der Waals surface area contributed by atoms with Crippen molar-refractivity contribution < 1.29 is 27.7 Å². The van der Waals surface area contributed by atoms with Crippen LogP contribution in [-0.4, -0.2) is 73.6 Å². The third-order valence-electron chi connectivity index (χ3n) is 6.75. The average molecular weight is 639 g/mol. The summed E-state index contributed by atoms with van der Waals surface area (Å²) in [5.74, 6) is -2.25. The maximum atomic E-state index is 14.0. The summed E-state index contributed by atoms with van der Waals surface area (Å²) < 4.78 is 27.7. The van der Waals surface area contributed by atoms with E-state index >= 15 is 0 Å². The van der Waals surface area contributed by atoms with Gasteiger partial charge in [-0.3, -0.25) is 34.4 Å². The number of benzene rings is 2. The number of non-ortho nitro benzene ring substituents is 1. The van der Waals surface area contributed by atoms with E-state index in [1.807, 2.05) is 6.92 Å². The van der Waals surface area contributed by atoms with E-state index in [1.54, 1.807) is 12.1 Å². The zero-order chi connectivity index (χ0) is 31.0. The lowest BCUT2D eigenvalue weighted by molar-refractivity contribution is -0.384. The number of halogens is 1. The number of likely N-dealkylation sites (tertiary alicyclic amines) is 1. The van der Waals surface area contributed by atoms with Gasteiger partial charge in [0.2, 0.25) is 21.8 Å². The van der Waals surface area contributed by atoms with Gasteiger partial charge in [-0.25, -0.2) is 13.1 Å². The number of nitrogens with one attached hydrogen (secondary N) is 1. The first-order valence-corrected chi connectivity index (χ1v) is 14.6. The second kappa shape index (κ2) is 15.3. The van der Waals surface area contributed by atoms with Gasteiger partial charge in [0.1, 0.15) is 12.1 Å². The summed E-state index contributed by atoms with van der Waals surface area (Å²) in [7, 11) is -3.99. The highest BCUT2D eigenvalue weighted by Gasteiger charge is 2.40. The van der Waals surface area contributed by atoms with E-state index < -0.39 is 51.3 Å². The van der Waals surface area contributed by atoms with Gasteiger partial charge in [-0.2, -0.15) is 0 Å². The monoisotopic (exact) mass is 638 g/mol. The van der Waals surface area contributed by atoms with Crippen LogP contribution in [0, 0.1) is 17.0 Å². The molecule has 0 aromatic heterocycles. The molecule has 2 aromatic carbocycles. The van der Waals surface area contributed by atoms with Crippen molar-refractivity contribution >= 4 is 57.5 Å². The van der Waals surface area contributed by atoms with E-state index in [4.69, 9.17) is 17.2 Å². The molecular weight excluding hydrogens is 604 g/mol. The third-order valence-corrected chi connectivity index (χ3v) is 8.17. The molecule has 0 radical (unpaired) electrons. The van der Waals surface area contributed by atoms with Gasteiger partial charge in [-0.05, 0) is 56.9 Å². The van der Waals surface area contributed by atoms with Crippen molar-refractivity contribution in [1.29, 1.82) is 0 Å². The second-order valence-corrected chi connectivity index (χ2v) is 11.5. The van der Waals surface area contributed by atoms with E-state index in [0.717, 1.165) is 10.5 Å². The molecular formula is C26H35ClN8O7S. The molecule has 43 heavy (non-hydrogen) atoms. The predicted molar refractivity (Wildman–Crippen MR) is 162 cm³/mol. The number of aliphatic imine (C=N–C) groups is 1. The highest BCUT2D eigenvalue weighted by Crippen LogP contribution is 2.28. The number of anilines is 1. The Labute approximate surface area is 255 Å². The Hall–Kier alpha value is -4.28. The summed E-state index contributed by atoms with van der Waals surface area (Å²) in [5, 5.41) is 11.2. The highest BCUT2D eigenvalue weighted by atomic mass is 35.5. The molecule has 2 aromatic rings. The van der Waals surface area contributed by atoms with Crippen molar-refractivity contribution in [3.05, 3.63) is 64.2 Å². The Morgan fingerprint density at radius 3 is 2.30 bits per heavy atom. The molecule has 3 amide bonds. The van der Waals surface area contributed by atoms with Gasteiger partial charge in [0.15, 0.2) is 5.96 Å². The van der Waals surface area contributed by atoms with Crippen molar-refractivity contribution in [3.63, 3.8) is 0 Å². The summed E-state index contributed by atoms with van der Waals surface area (Å²) in [6, 6.07) is 8.89. The SMILES string of the molecule is Cc1ccc(S(=O)(=O)NCC(=O)N2CCC[C@H]2C(=O)N(c2ccc([N+](=O)[O-])cc2)[C@@H](CCCN=C(N)N)C(N)=O)cc1.Cl. The molecule has 0 aliphatic carbocycles. The molecule has 1 fully saturated rings. The molecule has 0 spiro atoms. The molecule has 234 valence electrons. The molecule has 2 atom stereocenters. The minimum Gasteiger partial charge on any atom is -0.370 e. The second-order valence-electron chi connectivity index (χ2n) is 9.73. The number of aryl methyl sites for hydroxylation is 1. The number of rotatable bonds is 13. The number of hydrogen-bond acceptors (Lipinski definition) is 8. The first-order chi connectivity index (χ1) is 19.8. The Kier molecular flexibility index (Phi) is 12.4. The number of amides is 3. The number of carbonyl (C=O) groups excluding carboxylic acids is 3. The van der Waals surface area contributed by atoms with Crippen LogP contribution in [0.4, 0.5) is 11.4 Å². The molecule has 7 N–H and O–H groups in total. The van der Waals surface area contributed by atoms with Gasteiger partial charge in [0.25, 0.3) is 11.6 Å². The fraction of sp³-hybridized carbons (Fsp3) is 0.385. The standard InChI is InChI=1S/C26H34N8O7S.ClH/c1-17-6-12-20(13-7-17)42(40,41)31-16-23(35)32-15-3-5-22(32)25(37)33(18-8-10-19(11-9-18)34(38)39)21(24(27)36)4-2-14-30-26(28)29;/h6-13,21-22,31H,2-5,14-16H2,1H3,(H2,27,36)(H4,28,29,30);1H/t21-,22-;/m0./s1. The molecule has 17 heteroatoms. The zero-order valence-electron chi connectivity index (χ0n) is 23.4. The normalized spacial score (nSPS) is 15.2. The quantitative estimate of drug-likeness (QED) is 0.0785. The summed E-state index contributed by atoms with van der Waals surface area (Å²) in [6.07, 6.45) is 1.03. The molecule has 1 aliphatic heterocycles. The zero-order valence-corrected chi connectivity index (χ0v) is 25.1. The van der Waals surface area contributed by atoms with Crippen LogP contribution in [0.5, 0.6) is 0 Å².